The number of hydrogen-bond acceptors (Lipinski definition) is 3. The zero-order chi connectivity index (χ0) is 19.3. The van der Waals surface area contributed by atoms with Gasteiger partial charge in [-0.2, -0.15) is 0 Å². The molecular weight excluding hydrogens is 407 g/mol. The van der Waals surface area contributed by atoms with Crippen molar-refractivity contribution in [3.63, 3.8) is 0 Å². The third-order valence-corrected chi connectivity index (χ3v) is 4.76. The first kappa shape index (κ1) is 20.1. The lowest BCUT2D eigenvalue weighted by Crippen LogP contribution is -2.46. The number of aliphatic carboxylic acids is 1. The van der Waals surface area contributed by atoms with E-state index in [0.29, 0.717) is 36.0 Å². The lowest BCUT2D eigenvalue weighted by atomic mass is 9.95. The van der Waals surface area contributed by atoms with Crippen LogP contribution in [0.15, 0.2) is 28.7 Å². The first-order valence-corrected chi connectivity index (χ1v) is 9.02. The molecule has 0 radical (unpaired) electrons. The number of carbonyl (C=O) groups is 3. The maximum absolute atomic E-state index is 13.7. The summed E-state index contributed by atoms with van der Waals surface area (Å²) in [6.45, 7) is 2.19. The van der Waals surface area contributed by atoms with E-state index in [0.717, 1.165) is 0 Å². The average Bonchev–Trinajstić information content (AvgIpc) is 2.62. The van der Waals surface area contributed by atoms with Gasteiger partial charge < -0.3 is 15.3 Å². The van der Waals surface area contributed by atoms with Crippen molar-refractivity contribution < 1.29 is 23.9 Å². The van der Waals surface area contributed by atoms with Crippen LogP contribution >= 0.6 is 15.9 Å². The van der Waals surface area contributed by atoms with Gasteiger partial charge in [0.15, 0.2) is 0 Å². The molecule has 0 aromatic heterocycles. The number of carboxylic acid groups (broad SMARTS) is 1. The summed E-state index contributed by atoms with van der Waals surface area (Å²) in [6, 6.07) is 3.54. The Morgan fingerprint density at radius 2 is 2.00 bits per heavy atom. The van der Waals surface area contributed by atoms with Crippen LogP contribution in [0, 0.1) is 11.7 Å². The van der Waals surface area contributed by atoms with E-state index in [4.69, 9.17) is 5.11 Å². The molecule has 0 bridgehead atoms. The molecule has 1 aromatic rings. The van der Waals surface area contributed by atoms with Gasteiger partial charge in [-0.25, -0.2) is 4.39 Å². The monoisotopic (exact) mass is 426 g/mol. The second-order valence-electron chi connectivity index (χ2n) is 6.17. The zero-order valence-corrected chi connectivity index (χ0v) is 15.8. The molecule has 6 nitrogen and oxygen atoms in total. The lowest BCUT2D eigenvalue weighted by molar-refractivity contribution is -0.142. The van der Waals surface area contributed by atoms with E-state index < -0.39 is 17.8 Å². The third-order valence-electron chi connectivity index (χ3n) is 4.27. The van der Waals surface area contributed by atoms with Crippen molar-refractivity contribution in [2.45, 2.75) is 25.8 Å². The van der Waals surface area contributed by atoms with Crippen molar-refractivity contribution in [2.75, 3.05) is 13.1 Å². The molecule has 8 heteroatoms. The minimum atomic E-state index is -1.09. The van der Waals surface area contributed by atoms with E-state index in [1.54, 1.807) is 17.0 Å². The molecule has 0 aliphatic carbocycles. The van der Waals surface area contributed by atoms with Crippen molar-refractivity contribution in [1.82, 2.24) is 10.2 Å². The predicted molar refractivity (Wildman–Crippen MR) is 97.7 cm³/mol. The van der Waals surface area contributed by atoms with Crippen LogP contribution in [-0.2, 0) is 14.4 Å². The standard InChI is InChI=1S/C18H20BrFN2O4/c1-11(18(25)26)21-17(24)12-6-8-22(9-7-12)16(23)5-2-13-10-14(19)3-4-15(13)20/h2-5,10-12H,6-9H2,1H3,(H,21,24)(H,25,26). The van der Waals surface area contributed by atoms with Crippen molar-refractivity contribution in [3.8, 4) is 0 Å². The smallest absolute Gasteiger partial charge is 0.325 e. The molecule has 1 aromatic carbocycles. The van der Waals surface area contributed by atoms with Gasteiger partial charge in [0.2, 0.25) is 11.8 Å². The molecule has 2 amide bonds. The number of carboxylic acids is 1. The summed E-state index contributed by atoms with van der Waals surface area (Å²) in [5.41, 5.74) is 0.310. The van der Waals surface area contributed by atoms with Crippen molar-refractivity contribution >= 4 is 39.8 Å². The highest BCUT2D eigenvalue weighted by molar-refractivity contribution is 9.10. The predicted octanol–water partition coefficient (Wildman–Crippen LogP) is 2.43. The van der Waals surface area contributed by atoms with Crippen molar-refractivity contribution in [1.29, 1.82) is 0 Å². The number of piperidine rings is 1. The van der Waals surface area contributed by atoms with Gasteiger partial charge in [-0.05, 0) is 44.0 Å². The molecule has 2 rings (SSSR count). The van der Waals surface area contributed by atoms with Gasteiger partial charge in [0.25, 0.3) is 0 Å². The van der Waals surface area contributed by atoms with Crippen LogP contribution in [0.2, 0.25) is 0 Å². The molecule has 0 saturated carbocycles. The maximum atomic E-state index is 13.7. The summed E-state index contributed by atoms with van der Waals surface area (Å²) in [5, 5.41) is 11.3. The second kappa shape index (κ2) is 8.93. The number of nitrogens with zero attached hydrogens (tertiary/aromatic N) is 1. The number of benzene rings is 1. The number of nitrogens with one attached hydrogen (secondary N) is 1. The molecule has 2 N–H and O–H groups in total. The molecule has 140 valence electrons. The quantitative estimate of drug-likeness (QED) is 0.707. The Bertz CT molecular complexity index is 730. The largest absolute Gasteiger partial charge is 0.480 e. The van der Waals surface area contributed by atoms with Crippen LogP contribution in [0.5, 0.6) is 0 Å². The Balaban J connectivity index is 1.88. The van der Waals surface area contributed by atoms with Crippen LogP contribution in [0.25, 0.3) is 6.08 Å². The summed E-state index contributed by atoms with van der Waals surface area (Å²) in [5.74, 6) is -2.37. The Morgan fingerprint density at radius 3 is 2.62 bits per heavy atom. The van der Waals surface area contributed by atoms with Crippen molar-refractivity contribution in [2.24, 2.45) is 5.92 Å². The first-order chi connectivity index (χ1) is 12.3. The van der Waals surface area contributed by atoms with Gasteiger partial charge in [0.1, 0.15) is 11.9 Å². The van der Waals surface area contributed by atoms with Gasteiger partial charge >= 0.3 is 5.97 Å². The average molecular weight is 427 g/mol. The number of halogens is 2. The summed E-state index contributed by atoms with van der Waals surface area (Å²) in [6.07, 6.45) is 3.67. The van der Waals surface area contributed by atoms with Crippen LogP contribution in [0.1, 0.15) is 25.3 Å². The Morgan fingerprint density at radius 1 is 1.35 bits per heavy atom. The van der Waals surface area contributed by atoms with E-state index >= 15 is 0 Å². The van der Waals surface area contributed by atoms with Crippen LogP contribution in [0.4, 0.5) is 4.39 Å². The lowest BCUT2D eigenvalue weighted by Gasteiger charge is -2.31. The van der Waals surface area contributed by atoms with E-state index in [2.05, 4.69) is 21.2 Å². The Labute approximate surface area is 159 Å². The van der Waals surface area contributed by atoms with Gasteiger partial charge in [-0.1, -0.05) is 15.9 Å². The highest BCUT2D eigenvalue weighted by Gasteiger charge is 2.28. The molecule has 1 aliphatic rings. The first-order valence-electron chi connectivity index (χ1n) is 8.23. The molecule has 26 heavy (non-hydrogen) atoms. The van der Waals surface area contributed by atoms with E-state index in [1.807, 2.05) is 0 Å². The molecule has 0 spiro atoms. The van der Waals surface area contributed by atoms with E-state index in [-0.39, 0.29) is 17.7 Å². The summed E-state index contributed by atoms with van der Waals surface area (Å²) >= 11 is 3.26. The number of rotatable bonds is 5. The molecular formula is C18H20BrFN2O4. The van der Waals surface area contributed by atoms with Gasteiger partial charge in [0.05, 0.1) is 0 Å². The maximum Gasteiger partial charge on any atom is 0.325 e. The Hall–Kier alpha value is -2.22. The Kier molecular flexibility index (Phi) is 6.90. The molecule has 1 aliphatic heterocycles. The van der Waals surface area contributed by atoms with Gasteiger partial charge in [0, 0.05) is 35.1 Å². The molecule has 1 unspecified atom stereocenters. The molecule has 1 heterocycles. The van der Waals surface area contributed by atoms with E-state index in [1.165, 1.54) is 25.1 Å². The van der Waals surface area contributed by atoms with Gasteiger partial charge in [-0.15, -0.1) is 0 Å². The minimum absolute atomic E-state index is 0.248. The summed E-state index contributed by atoms with van der Waals surface area (Å²) < 4.78 is 14.4. The van der Waals surface area contributed by atoms with E-state index in [9.17, 15) is 18.8 Å². The summed E-state index contributed by atoms with van der Waals surface area (Å²) in [4.78, 5) is 36.7. The zero-order valence-electron chi connectivity index (χ0n) is 14.2. The third kappa shape index (κ3) is 5.39. The van der Waals surface area contributed by atoms with Crippen LogP contribution in [-0.4, -0.2) is 46.9 Å². The highest BCUT2D eigenvalue weighted by Crippen LogP contribution is 2.19. The number of likely N-dealkylation sites (tertiary alicyclic amines) is 1. The van der Waals surface area contributed by atoms with Crippen LogP contribution < -0.4 is 5.32 Å². The fraction of sp³-hybridized carbons (Fsp3) is 0.389. The molecule has 1 atom stereocenters. The van der Waals surface area contributed by atoms with Crippen molar-refractivity contribution in [3.05, 3.63) is 40.1 Å². The number of hydrogen-bond donors (Lipinski definition) is 2. The highest BCUT2D eigenvalue weighted by atomic mass is 79.9. The number of amides is 2. The fourth-order valence-corrected chi connectivity index (χ4v) is 3.04. The normalized spacial score (nSPS) is 16.5. The number of carbonyl (C=O) groups excluding carboxylic acids is 2. The van der Waals surface area contributed by atoms with Crippen LogP contribution in [0.3, 0.4) is 0 Å². The second-order valence-corrected chi connectivity index (χ2v) is 7.08. The minimum Gasteiger partial charge on any atom is -0.480 e. The molecule has 1 fully saturated rings. The summed E-state index contributed by atoms with van der Waals surface area (Å²) in [7, 11) is 0. The fourth-order valence-electron chi connectivity index (χ4n) is 2.66. The SMILES string of the molecule is CC(NC(=O)C1CCN(C(=O)C=Cc2cc(Br)ccc2F)CC1)C(=O)O. The van der Waals surface area contributed by atoms with Gasteiger partial charge in [-0.3, -0.25) is 14.4 Å². The topological polar surface area (TPSA) is 86.7 Å². The molecule has 1 saturated heterocycles.